The Hall–Kier alpha value is -3.04. The van der Waals surface area contributed by atoms with Gasteiger partial charge >= 0.3 is 0 Å². The highest BCUT2D eigenvalue weighted by molar-refractivity contribution is 7.89. The van der Waals surface area contributed by atoms with Gasteiger partial charge < -0.3 is 5.32 Å². The second-order valence-electron chi connectivity index (χ2n) is 6.03. The topological polar surface area (TPSA) is 127 Å². The number of amides is 3. The van der Waals surface area contributed by atoms with Gasteiger partial charge in [-0.1, -0.05) is 24.3 Å². The summed E-state index contributed by atoms with van der Waals surface area (Å²) in [6.45, 7) is -0.0760. The Morgan fingerprint density at radius 1 is 0.963 bits per heavy atom. The van der Waals surface area contributed by atoms with Gasteiger partial charge in [0.15, 0.2) is 0 Å². The number of imide groups is 1. The Morgan fingerprint density at radius 2 is 1.52 bits per heavy atom. The quantitative estimate of drug-likeness (QED) is 0.689. The molecule has 1 heterocycles. The molecule has 3 rings (SSSR count). The van der Waals surface area contributed by atoms with Crippen molar-refractivity contribution in [2.75, 3.05) is 13.1 Å². The number of fused-ring (bicyclic) bond motifs is 1. The maximum absolute atomic E-state index is 12.2. The number of carbonyl (C=O) groups is 3. The van der Waals surface area contributed by atoms with Crippen molar-refractivity contribution in [3.63, 3.8) is 0 Å². The van der Waals surface area contributed by atoms with Crippen molar-refractivity contribution in [3.8, 4) is 0 Å². The lowest BCUT2D eigenvalue weighted by atomic mass is 10.1. The number of hydrogen-bond acceptors (Lipinski definition) is 5. The largest absolute Gasteiger partial charge is 0.354 e. The van der Waals surface area contributed by atoms with Gasteiger partial charge in [-0.2, -0.15) is 0 Å². The Balaban J connectivity index is 1.52. The van der Waals surface area contributed by atoms with E-state index in [1.54, 1.807) is 36.4 Å². The Bertz CT molecular complexity index is 981. The first-order valence-corrected chi connectivity index (χ1v) is 9.65. The third-order valence-corrected chi connectivity index (χ3v) is 5.10. The van der Waals surface area contributed by atoms with Crippen LogP contribution in [-0.4, -0.2) is 44.1 Å². The lowest BCUT2D eigenvalue weighted by Crippen LogP contribution is -2.40. The number of hydrogen-bond donors (Lipinski definition) is 2. The fourth-order valence-corrected chi connectivity index (χ4v) is 3.29. The van der Waals surface area contributed by atoms with E-state index in [-0.39, 0.29) is 18.0 Å². The van der Waals surface area contributed by atoms with Gasteiger partial charge in [0.1, 0.15) is 6.54 Å². The molecule has 1 aliphatic rings. The fourth-order valence-electron chi connectivity index (χ4n) is 2.77. The molecule has 2 aromatic rings. The highest BCUT2D eigenvalue weighted by Gasteiger charge is 2.36. The van der Waals surface area contributed by atoms with Gasteiger partial charge in [-0.25, -0.2) is 13.6 Å². The maximum Gasteiger partial charge on any atom is 0.262 e. The zero-order chi connectivity index (χ0) is 19.6. The molecule has 3 N–H and O–H groups in total. The van der Waals surface area contributed by atoms with Crippen molar-refractivity contribution >= 4 is 27.7 Å². The minimum absolute atomic E-state index is 0.0147. The van der Waals surface area contributed by atoms with E-state index in [0.29, 0.717) is 17.5 Å². The molecule has 0 spiro atoms. The second-order valence-corrected chi connectivity index (χ2v) is 7.59. The summed E-state index contributed by atoms with van der Waals surface area (Å²) in [5.74, 6) is -1.42. The van der Waals surface area contributed by atoms with Crippen LogP contribution in [0.15, 0.2) is 53.4 Å². The van der Waals surface area contributed by atoms with Crippen molar-refractivity contribution in [2.45, 2.75) is 11.3 Å². The predicted molar refractivity (Wildman–Crippen MR) is 96.3 cm³/mol. The highest BCUT2D eigenvalue weighted by atomic mass is 32.2. The van der Waals surface area contributed by atoms with Gasteiger partial charge in [0.2, 0.25) is 15.9 Å². The maximum atomic E-state index is 12.2. The molecule has 0 saturated carbocycles. The average molecular weight is 387 g/mol. The van der Waals surface area contributed by atoms with Crippen LogP contribution in [0, 0.1) is 0 Å². The first kappa shape index (κ1) is 18.7. The molecule has 27 heavy (non-hydrogen) atoms. The van der Waals surface area contributed by atoms with E-state index in [1.165, 1.54) is 12.1 Å². The van der Waals surface area contributed by atoms with E-state index in [2.05, 4.69) is 5.32 Å². The number of nitrogens with zero attached hydrogens (tertiary/aromatic N) is 1. The average Bonchev–Trinajstić information content (AvgIpc) is 2.87. The van der Waals surface area contributed by atoms with Crippen LogP contribution in [0.5, 0.6) is 0 Å². The number of nitrogens with two attached hydrogens (primary N) is 1. The van der Waals surface area contributed by atoms with E-state index in [4.69, 9.17) is 5.14 Å². The molecule has 0 aliphatic carbocycles. The van der Waals surface area contributed by atoms with Gasteiger partial charge in [0.05, 0.1) is 16.0 Å². The van der Waals surface area contributed by atoms with Crippen LogP contribution in [0.4, 0.5) is 0 Å². The van der Waals surface area contributed by atoms with Gasteiger partial charge in [-0.05, 0) is 36.2 Å². The van der Waals surface area contributed by atoms with Gasteiger partial charge in [0.25, 0.3) is 11.8 Å². The molecule has 1 aliphatic heterocycles. The number of benzene rings is 2. The molecule has 2 aromatic carbocycles. The molecular weight excluding hydrogens is 370 g/mol. The van der Waals surface area contributed by atoms with Crippen LogP contribution in [0.2, 0.25) is 0 Å². The molecule has 3 amide bonds. The van der Waals surface area contributed by atoms with Crippen molar-refractivity contribution in [1.82, 2.24) is 10.2 Å². The zero-order valence-corrected chi connectivity index (χ0v) is 15.0. The van der Waals surface area contributed by atoms with E-state index in [9.17, 15) is 22.8 Å². The molecule has 0 bridgehead atoms. The SMILES string of the molecule is NS(=O)(=O)c1ccc(CCNC(=O)CN2C(=O)c3ccccc3C2=O)cc1. The van der Waals surface area contributed by atoms with Crippen molar-refractivity contribution in [2.24, 2.45) is 5.14 Å². The summed E-state index contributed by atoms with van der Waals surface area (Å²) in [4.78, 5) is 37.4. The zero-order valence-electron chi connectivity index (χ0n) is 14.2. The molecule has 8 nitrogen and oxygen atoms in total. The van der Waals surface area contributed by atoms with Crippen LogP contribution in [0.3, 0.4) is 0 Å². The molecule has 140 valence electrons. The van der Waals surface area contributed by atoms with E-state index in [1.807, 2.05) is 0 Å². The summed E-state index contributed by atoms with van der Waals surface area (Å²) >= 11 is 0. The normalized spacial score (nSPS) is 13.6. The van der Waals surface area contributed by atoms with Crippen LogP contribution < -0.4 is 10.5 Å². The van der Waals surface area contributed by atoms with Gasteiger partial charge in [-0.15, -0.1) is 0 Å². The highest BCUT2D eigenvalue weighted by Crippen LogP contribution is 2.21. The predicted octanol–water partition coefficient (Wildman–Crippen LogP) is 0.289. The summed E-state index contributed by atoms with van der Waals surface area (Å²) in [5, 5.41) is 7.68. The summed E-state index contributed by atoms with van der Waals surface area (Å²) in [6.07, 6.45) is 0.457. The molecule has 0 fully saturated rings. The molecule has 0 unspecified atom stereocenters. The lowest BCUT2D eigenvalue weighted by Gasteiger charge is -2.13. The lowest BCUT2D eigenvalue weighted by molar-refractivity contribution is -0.121. The standard InChI is InChI=1S/C18H17N3O5S/c19-27(25,26)13-7-5-12(6-8-13)9-10-20-16(22)11-21-17(23)14-3-1-2-4-15(14)18(21)24/h1-8H,9-11H2,(H,20,22)(H2,19,25,26). The number of carbonyl (C=O) groups excluding carboxylic acids is 3. The Kier molecular flexibility index (Phi) is 5.06. The summed E-state index contributed by atoms with van der Waals surface area (Å²) in [7, 11) is -3.74. The van der Waals surface area contributed by atoms with Crippen LogP contribution in [-0.2, 0) is 21.2 Å². The molecule has 0 radical (unpaired) electrons. The summed E-state index contributed by atoms with van der Waals surface area (Å²) < 4.78 is 22.4. The first-order valence-electron chi connectivity index (χ1n) is 8.11. The number of primary sulfonamides is 1. The third-order valence-electron chi connectivity index (χ3n) is 4.17. The summed E-state index contributed by atoms with van der Waals surface area (Å²) in [5.41, 5.74) is 1.40. The minimum atomic E-state index is -3.74. The fraction of sp³-hybridized carbons (Fsp3) is 0.167. The summed E-state index contributed by atoms with van der Waals surface area (Å²) in [6, 6.07) is 12.4. The monoisotopic (exact) mass is 387 g/mol. The van der Waals surface area contributed by atoms with E-state index < -0.39 is 27.7 Å². The van der Waals surface area contributed by atoms with E-state index in [0.717, 1.165) is 10.5 Å². The van der Waals surface area contributed by atoms with Crippen molar-refractivity contribution in [3.05, 3.63) is 65.2 Å². The molecule has 0 saturated heterocycles. The number of rotatable bonds is 6. The Labute approximate surface area is 156 Å². The molecule has 0 atom stereocenters. The van der Waals surface area contributed by atoms with Crippen LogP contribution >= 0.6 is 0 Å². The third kappa shape index (κ3) is 4.04. The van der Waals surface area contributed by atoms with Gasteiger partial charge in [0, 0.05) is 6.54 Å². The smallest absolute Gasteiger partial charge is 0.262 e. The minimum Gasteiger partial charge on any atom is -0.354 e. The van der Waals surface area contributed by atoms with Crippen LogP contribution in [0.25, 0.3) is 0 Å². The molecule has 9 heteroatoms. The molecule has 0 aromatic heterocycles. The second kappa shape index (κ2) is 7.29. The number of sulfonamides is 1. The van der Waals surface area contributed by atoms with Crippen LogP contribution in [0.1, 0.15) is 26.3 Å². The van der Waals surface area contributed by atoms with Gasteiger partial charge in [-0.3, -0.25) is 19.3 Å². The number of nitrogens with one attached hydrogen (secondary N) is 1. The van der Waals surface area contributed by atoms with Crippen molar-refractivity contribution in [1.29, 1.82) is 0 Å². The first-order chi connectivity index (χ1) is 12.8. The van der Waals surface area contributed by atoms with Crippen molar-refractivity contribution < 1.29 is 22.8 Å². The Morgan fingerprint density at radius 3 is 2.04 bits per heavy atom. The van der Waals surface area contributed by atoms with E-state index >= 15 is 0 Å². The molecular formula is C18H17N3O5S.